The standard InChI is InChI=1S/C21H27N3O2/c25-21(15-24-12-1-2-13-24)23-17-6-8-18(9-7-17)26-20-5-3-4-16-14-22-11-10-19(16)20/h3-5,10-11,14,17-18H,1-2,6-9,12-13,15H2,(H,23,25). The fourth-order valence-corrected chi connectivity index (χ4v) is 4.12. The summed E-state index contributed by atoms with van der Waals surface area (Å²) in [6.45, 7) is 2.68. The number of nitrogens with zero attached hydrogens (tertiary/aromatic N) is 2. The zero-order chi connectivity index (χ0) is 17.8. The first-order chi connectivity index (χ1) is 12.8. The minimum atomic E-state index is 0.179. The van der Waals surface area contributed by atoms with Gasteiger partial charge in [-0.05, 0) is 63.7 Å². The summed E-state index contributed by atoms with van der Waals surface area (Å²) in [5.74, 6) is 1.12. The number of nitrogens with one attached hydrogen (secondary N) is 1. The lowest BCUT2D eigenvalue weighted by Gasteiger charge is -2.30. The molecule has 0 bridgehead atoms. The molecule has 2 aromatic rings. The third kappa shape index (κ3) is 4.15. The maximum atomic E-state index is 12.2. The molecule has 0 radical (unpaired) electrons. The number of aromatic nitrogens is 1. The first-order valence-corrected chi connectivity index (χ1v) is 9.79. The zero-order valence-corrected chi connectivity index (χ0v) is 15.2. The van der Waals surface area contributed by atoms with Crippen molar-refractivity contribution in [2.45, 2.75) is 50.7 Å². The van der Waals surface area contributed by atoms with E-state index >= 15 is 0 Å². The fraction of sp³-hybridized carbons (Fsp3) is 0.524. The number of benzene rings is 1. The molecule has 0 spiro atoms. The molecular formula is C21H27N3O2. The average molecular weight is 353 g/mol. The largest absolute Gasteiger partial charge is 0.490 e. The highest BCUT2D eigenvalue weighted by Crippen LogP contribution is 2.29. The van der Waals surface area contributed by atoms with Crippen molar-refractivity contribution in [3.05, 3.63) is 36.7 Å². The van der Waals surface area contributed by atoms with Gasteiger partial charge in [-0.3, -0.25) is 14.7 Å². The van der Waals surface area contributed by atoms with Crippen molar-refractivity contribution in [3.63, 3.8) is 0 Å². The van der Waals surface area contributed by atoms with E-state index in [1.54, 1.807) is 0 Å². The van der Waals surface area contributed by atoms with Crippen LogP contribution in [0.3, 0.4) is 0 Å². The lowest BCUT2D eigenvalue weighted by Crippen LogP contribution is -2.43. The number of carbonyl (C=O) groups is 1. The lowest BCUT2D eigenvalue weighted by atomic mass is 9.93. The minimum absolute atomic E-state index is 0.179. The summed E-state index contributed by atoms with van der Waals surface area (Å²) >= 11 is 0. The smallest absolute Gasteiger partial charge is 0.234 e. The van der Waals surface area contributed by atoms with Crippen LogP contribution in [0, 0.1) is 0 Å². The summed E-state index contributed by atoms with van der Waals surface area (Å²) < 4.78 is 6.28. The van der Waals surface area contributed by atoms with E-state index in [4.69, 9.17) is 4.74 Å². The van der Waals surface area contributed by atoms with E-state index in [-0.39, 0.29) is 12.0 Å². The molecule has 1 aliphatic heterocycles. The number of amides is 1. The molecule has 1 aromatic heterocycles. The van der Waals surface area contributed by atoms with Crippen LogP contribution in [0.25, 0.3) is 10.8 Å². The van der Waals surface area contributed by atoms with Crippen molar-refractivity contribution in [3.8, 4) is 5.75 Å². The lowest BCUT2D eigenvalue weighted by molar-refractivity contribution is -0.123. The number of hydrogen-bond acceptors (Lipinski definition) is 4. The van der Waals surface area contributed by atoms with Gasteiger partial charge in [0.25, 0.3) is 0 Å². The third-order valence-electron chi connectivity index (χ3n) is 5.54. The molecular weight excluding hydrogens is 326 g/mol. The second-order valence-corrected chi connectivity index (χ2v) is 7.50. The van der Waals surface area contributed by atoms with Gasteiger partial charge < -0.3 is 10.1 Å². The summed E-state index contributed by atoms with van der Waals surface area (Å²) in [4.78, 5) is 18.6. The Morgan fingerprint density at radius 3 is 2.77 bits per heavy atom. The van der Waals surface area contributed by atoms with Crippen LogP contribution in [-0.2, 0) is 4.79 Å². The van der Waals surface area contributed by atoms with Crippen LogP contribution in [0.1, 0.15) is 38.5 Å². The van der Waals surface area contributed by atoms with Gasteiger partial charge in [-0.2, -0.15) is 0 Å². The van der Waals surface area contributed by atoms with Crippen LogP contribution in [0.4, 0.5) is 0 Å². The van der Waals surface area contributed by atoms with Crippen LogP contribution in [0.5, 0.6) is 5.75 Å². The van der Waals surface area contributed by atoms with Gasteiger partial charge in [-0.15, -0.1) is 0 Å². The van der Waals surface area contributed by atoms with Crippen LogP contribution in [0.2, 0.25) is 0 Å². The minimum Gasteiger partial charge on any atom is -0.490 e. The maximum Gasteiger partial charge on any atom is 0.234 e. The van der Waals surface area contributed by atoms with E-state index in [2.05, 4.69) is 21.3 Å². The van der Waals surface area contributed by atoms with Gasteiger partial charge in [0.1, 0.15) is 5.75 Å². The normalized spacial score (nSPS) is 23.8. The summed E-state index contributed by atoms with van der Waals surface area (Å²) in [6, 6.07) is 8.41. The molecule has 1 saturated carbocycles. The van der Waals surface area contributed by atoms with E-state index in [0.717, 1.165) is 55.3 Å². The molecule has 2 heterocycles. The van der Waals surface area contributed by atoms with Crippen molar-refractivity contribution in [1.29, 1.82) is 0 Å². The Morgan fingerprint density at radius 2 is 1.96 bits per heavy atom. The highest BCUT2D eigenvalue weighted by atomic mass is 16.5. The van der Waals surface area contributed by atoms with Crippen molar-refractivity contribution in [2.75, 3.05) is 19.6 Å². The number of hydrogen-bond donors (Lipinski definition) is 1. The van der Waals surface area contributed by atoms with Gasteiger partial charge in [-0.1, -0.05) is 12.1 Å². The molecule has 1 N–H and O–H groups in total. The maximum absolute atomic E-state index is 12.2. The highest BCUT2D eigenvalue weighted by Gasteiger charge is 2.25. The molecule has 2 fully saturated rings. The van der Waals surface area contributed by atoms with Crippen molar-refractivity contribution < 1.29 is 9.53 Å². The highest BCUT2D eigenvalue weighted by molar-refractivity contribution is 5.87. The SMILES string of the molecule is O=C(CN1CCCC1)NC1CCC(Oc2cccc3cnccc23)CC1. The number of likely N-dealkylation sites (tertiary alicyclic amines) is 1. The molecule has 4 rings (SSSR count). The number of carbonyl (C=O) groups excluding carboxylic acids is 1. The van der Waals surface area contributed by atoms with E-state index in [1.165, 1.54) is 12.8 Å². The van der Waals surface area contributed by atoms with Gasteiger partial charge in [0, 0.05) is 29.2 Å². The van der Waals surface area contributed by atoms with E-state index in [9.17, 15) is 4.79 Å². The van der Waals surface area contributed by atoms with Gasteiger partial charge in [-0.25, -0.2) is 0 Å². The van der Waals surface area contributed by atoms with Crippen molar-refractivity contribution in [1.82, 2.24) is 15.2 Å². The Balaban J connectivity index is 1.27. The number of rotatable bonds is 5. The van der Waals surface area contributed by atoms with Gasteiger partial charge in [0.2, 0.25) is 5.91 Å². The topological polar surface area (TPSA) is 54.5 Å². The van der Waals surface area contributed by atoms with Gasteiger partial charge in [0.05, 0.1) is 12.6 Å². The number of pyridine rings is 1. The first kappa shape index (κ1) is 17.3. The Hall–Kier alpha value is -2.14. The Bertz CT molecular complexity index is 745. The molecule has 1 amide bonds. The molecule has 26 heavy (non-hydrogen) atoms. The molecule has 5 heteroatoms. The third-order valence-corrected chi connectivity index (χ3v) is 5.54. The van der Waals surface area contributed by atoms with Crippen LogP contribution >= 0.6 is 0 Å². The fourth-order valence-electron chi connectivity index (χ4n) is 4.12. The van der Waals surface area contributed by atoms with E-state index in [1.807, 2.05) is 30.6 Å². The van der Waals surface area contributed by atoms with Gasteiger partial charge in [0.15, 0.2) is 0 Å². The predicted molar refractivity (Wildman–Crippen MR) is 102 cm³/mol. The van der Waals surface area contributed by atoms with Crippen molar-refractivity contribution >= 4 is 16.7 Å². The number of fused-ring (bicyclic) bond motifs is 1. The molecule has 2 aliphatic rings. The van der Waals surface area contributed by atoms with Crippen molar-refractivity contribution in [2.24, 2.45) is 0 Å². The molecule has 1 aromatic carbocycles. The van der Waals surface area contributed by atoms with Crippen LogP contribution in [-0.4, -0.2) is 47.6 Å². The summed E-state index contributed by atoms with van der Waals surface area (Å²) in [7, 11) is 0. The van der Waals surface area contributed by atoms with Crippen LogP contribution < -0.4 is 10.1 Å². The molecule has 5 nitrogen and oxygen atoms in total. The Labute approximate surface area is 154 Å². The number of ether oxygens (including phenoxy) is 1. The summed E-state index contributed by atoms with van der Waals surface area (Å²) in [5, 5.41) is 5.43. The first-order valence-electron chi connectivity index (χ1n) is 9.79. The van der Waals surface area contributed by atoms with E-state index < -0.39 is 0 Å². The molecule has 0 atom stereocenters. The molecule has 1 saturated heterocycles. The monoisotopic (exact) mass is 353 g/mol. The van der Waals surface area contributed by atoms with Crippen LogP contribution in [0.15, 0.2) is 36.7 Å². The molecule has 1 aliphatic carbocycles. The second kappa shape index (κ2) is 8.04. The van der Waals surface area contributed by atoms with Gasteiger partial charge >= 0.3 is 0 Å². The predicted octanol–water partition coefficient (Wildman–Crippen LogP) is 3.14. The van der Waals surface area contributed by atoms with E-state index in [0.29, 0.717) is 12.6 Å². The molecule has 138 valence electrons. The second-order valence-electron chi connectivity index (χ2n) is 7.50. The molecule has 0 unspecified atom stereocenters. The average Bonchev–Trinajstić information content (AvgIpc) is 3.16. The zero-order valence-electron chi connectivity index (χ0n) is 15.2. The summed E-state index contributed by atoms with van der Waals surface area (Å²) in [6.07, 6.45) is 10.3. The summed E-state index contributed by atoms with van der Waals surface area (Å²) in [5.41, 5.74) is 0. The quantitative estimate of drug-likeness (QED) is 0.897. The Morgan fingerprint density at radius 1 is 1.15 bits per heavy atom. The Kier molecular flexibility index (Phi) is 5.34.